The molecule has 1 rings (SSSR count). The first-order valence-corrected chi connectivity index (χ1v) is 6.47. The Morgan fingerprint density at radius 2 is 1.93 bits per heavy atom. The fourth-order valence-corrected chi connectivity index (χ4v) is 2.62. The normalized spacial score (nSPS) is 13.2. The number of rotatable bonds is 4. The molecule has 0 saturated heterocycles. The van der Waals surface area contributed by atoms with Gasteiger partial charge in [-0.3, -0.25) is 0 Å². The average molecular weight is 291 g/mol. The lowest BCUT2D eigenvalue weighted by Crippen LogP contribution is -2.20. The third-order valence-electron chi connectivity index (χ3n) is 2.88. The fraction of sp³-hybridized carbons (Fsp3) is 0.500. The predicted molar refractivity (Wildman–Crippen MR) is 70.2 cm³/mol. The third-order valence-corrected chi connectivity index (χ3v) is 3.70. The van der Waals surface area contributed by atoms with E-state index in [1.165, 1.54) is 0 Å². The minimum atomic E-state index is 0.0422. The van der Waals surface area contributed by atoms with Crippen molar-refractivity contribution >= 4 is 27.5 Å². The maximum absolute atomic E-state index is 6.21. The second-order valence-corrected chi connectivity index (χ2v) is 5.09. The second-order valence-electron chi connectivity index (χ2n) is 3.77. The van der Waals surface area contributed by atoms with E-state index in [4.69, 9.17) is 17.3 Å². The van der Waals surface area contributed by atoms with E-state index in [1.54, 1.807) is 0 Å². The number of hydrogen-bond acceptors (Lipinski definition) is 1. The van der Waals surface area contributed by atoms with Gasteiger partial charge in [0.25, 0.3) is 0 Å². The van der Waals surface area contributed by atoms with E-state index in [0.29, 0.717) is 5.92 Å². The Hall–Kier alpha value is -0.0500. The van der Waals surface area contributed by atoms with Crippen LogP contribution in [0, 0.1) is 5.92 Å². The van der Waals surface area contributed by atoms with Gasteiger partial charge in [-0.2, -0.15) is 0 Å². The molecule has 1 aromatic carbocycles. The zero-order valence-corrected chi connectivity index (χ0v) is 11.5. The van der Waals surface area contributed by atoms with Gasteiger partial charge in [-0.1, -0.05) is 60.3 Å². The van der Waals surface area contributed by atoms with Crippen molar-refractivity contribution in [2.75, 3.05) is 0 Å². The van der Waals surface area contributed by atoms with E-state index in [9.17, 15) is 0 Å². The monoisotopic (exact) mass is 289 g/mol. The molecule has 0 bridgehead atoms. The van der Waals surface area contributed by atoms with Crippen LogP contribution in [0.25, 0.3) is 0 Å². The molecule has 0 amide bonds. The van der Waals surface area contributed by atoms with Gasteiger partial charge in [0.1, 0.15) is 0 Å². The molecular weight excluding hydrogens is 273 g/mol. The molecule has 0 fully saturated rings. The lowest BCUT2D eigenvalue weighted by molar-refractivity contribution is 0.405. The first-order valence-electron chi connectivity index (χ1n) is 5.30. The number of hydrogen-bond donors (Lipinski definition) is 1. The SMILES string of the molecule is CCC(CC)C(N)c1ccc(Br)cc1Cl. The molecule has 0 aliphatic carbocycles. The first-order chi connectivity index (χ1) is 7.10. The topological polar surface area (TPSA) is 26.0 Å². The Bertz CT molecular complexity index is 323. The van der Waals surface area contributed by atoms with Crippen LogP contribution < -0.4 is 5.73 Å². The van der Waals surface area contributed by atoms with E-state index < -0.39 is 0 Å². The Morgan fingerprint density at radius 1 is 1.33 bits per heavy atom. The van der Waals surface area contributed by atoms with Gasteiger partial charge < -0.3 is 5.73 Å². The van der Waals surface area contributed by atoms with Crippen molar-refractivity contribution in [3.8, 4) is 0 Å². The summed E-state index contributed by atoms with van der Waals surface area (Å²) in [6, 6.07) is 5.94. The molecule has 0 saturated carbocycles. The Kier molecular flexibility index (Phi) is 5.10. The molecule has 15 heavy (non-hydrogen) atoms. The molecule has 1 atom stereocenters. The van der Waals surface area contributed by atoms with Crippen LogP contribution in [0.5, 0.6) is 0 Å². The summed E-state index contributed by atoms with van der Waals surface area (Å²) in [5, 5.41) is 0.753. The highest BCUT2D eigenvalue weighted by Gasteiger charge is 2.18. The average Bonchev–Trinajstić information content (AvgIpc) is 2.19. The van der Waals surface area contributed by atoms with E-state index in [2.05, 4.69) is 29.8 Å². The van der Waals surface area contributed by atoms with Crippen molar-refractivity contribution in [1.82, 2.24) is 0 Å². The summed E-state index contributed by atoms with van der Waals surface area (Å²) in [7, 11) is 0. The Labute approximate surface area is 105 Å². The van der Waals surface area contributed by atoms with Gasteiger partial charge >= 0.3 is 0 Å². The highest BCUT2D eigenvalue weighted by atomic mass is 79.9. The minimum Gasteiger partial charge on any atom is -0.324 e. The zero-order chi connectivity index (χ0) is 11.4. The summed E-state index contributed by atoms with van der Waals surface area (Å²) < 4.78 is 0.994. The van der Waals surface area contributed by atoms with Crippen molar-refractivity contribution in [3.05, 3.63) is 33.3 Å². The van der Waals surface area contributed by atoms with Gasteiger partial charge in [-0.05, 0) is 23.6 Å². The standard InChI is InChI=1S/C12H17BrClN/c1-3-8(4-2)12(15)10-6-5-9(13)7-11(10)14/h5-8,12H,3-4,15H2,1-2H3. The molecule has 84 valence electrons. The molecule has 1 aromatic rings. The summed E-state index contributed by atoms with van der Waals surface area (Å²) >= 11 is 9.56. The summed E-state index contributed by atoms with van der Waals surface area (Å²) in [6.07, 6.45) is 2.17. The zero-order valence-electron chi connectivity index (χ0n) is 9.13. The summed E-state index contributed by atoms with van der Waals surface area (Å²) in [5.74, 6) is 0.503. The highest BCUT2D eigenvalue weighted by Crippen LogP contribution is 2.31. The highest BCUT2D eigenvalue weighted by molar-refractivity contribution is 9.10. The molecule has 0 aliphatic heterocycles. The molecule has 2 N–H and O–H groups in total. The Morgan fingerprint density at radius 3 is 2.40 bits per heavy atom. The van der Waals surface area contributed by atoms with Crippen molar-refractivity contribution < 1.29 is 0 Å². The van der Waals surface area contributed by atoms with Crippen LogP contribution >= 0.6 is 27.5 Å². The van der Waals surface area contributed by atoms with Crippen LogP contribution in [0.2, 0.25) is 5.02 Å². The van der Waals surface area contributed by atoms with Gasteiger partial charge in [0, 0.05) is 15.5 Å². The molecular formula is C12H17BrClN. The van der Waals surface area contributed by atoms with Gasteiger partial charge in [0.05, 0.1) is 0 Å². The van der Waals surface area contributed by atoms with Gasteiger partial charge in [-0.25, -0.2) is 0 Å². The van der Waals surface area contributed by atoms with Crippen LogP contribution in [0.1, 0.15) is 38.3 Å². The van der Waals surface area contributed by atoms with Crippen LogP contribution in [0.4, 0.5) is 0 Å². The summed E-state index contributed by atoms with van der Waals surface area (Å²) in [5.41, 5.74) is 7.26. The summed E-state index contributed by atoms with van der Waals surface area (Å²) in [6.45, 7) is 4.33. The molecule has 0 radical (unpaired) electrons. The lowest BCUT2D eigenvalue weighted by Gasteiger charge is -2.22. The van der Waals surface area contributed by atoms with E-state index in [-0.39, 0.29) is 6.04 Å². The van der Waals surface area contributed by atoms with E-state index in [0.717, 1.165) is 27.9 Å². The predicted octanol–water partition coefficient (Wildman–Crippen LogP) is 4.54. The number of nitrogens with two attached hydrogens (primary N) is 1. The van der Waals surface area contributed by atoms with Crippen LogP contribution in [-0.2, 0) is 0 Å². The van der Waals surface area contributed by atoms with Gasteiger partial charge in [0.15, 0.2) is 0 Å². The molecule has 0 heterocycles. The quantitative estimate of drug-likeness (QED) is 0.865. The third kappa shape index (κ3) is 3.20. The van der Waals surface area contributed by atoms with Crippen LogP contribution in [-0.4, -0.2) is 0 Å². The Balaban J connectivity index is 2.94. The molecule has 1 unspecified atom stereocenters. The summed E-state index contributed by atoms with van der Waals surface area (Å²) in [4.78, 5) is 0. The molecule has 0 aromatic heterocycles. The van der Waals surface area contributed by atoms with Crippen molar-refractivity contribution in [1.29, 1.82) is 0 Å². The van der Waals surface area contributed by atoms with Crippen molar-refractivity contribution in [2.24, 2.45) is 11.7 Å². The lowest BCUT2D eigenvalue weighted by atomic mass is 9.90. The van der Waals surface area contributed by atoms with E-state index in [1.807, 2.05) is 18.2 Å². The van der Waals surface area contributed by atoms with Gasteiger partial charge in [-0.15, -0.1) is 0 Å². The number of halogens is 2. The van der Waals surface area contributed by atoms with Crippen LogP contribution in [0.3, 0.4) is 0 Å². The molecule has 3 heteroatoms. The minimum absolute atomic E-state index is 0.0422. The maximum Gasteiger partial charge on any atom is 0.0465 e. The van der Waals surface area contributed by atoms with Crippen molar-refractivity contribution in [2.45, 2.75) is 32.7 Å². The molecule has 0 aliphatic rings. The molecule has 1 nitrogen and oxygen atoms in total. The largest absolute Gasteiger partial charge is 0.324 e. The maximum atomic E-state index is 6.21. The molecule has 0 spiro atoms. The second kappa shape index (κ2) is 5.88. The first kappa shape index (κ1) is 13.0. The van der Waals surface area contributed by atoms with Gasteiger partial charge in [0.2, 0.25) is 0 Å². The van der Waals surface area contributed by atoms with Crippen LogP contribution in [0.15, 0.2) is 22.7 Å². The van der Waals surface area contributed by atoms with E-state index >= 15 is 0 Å². The smallest absolute Gasteiger partial charge is 0.0465 e. The number of benzene rings is 1. The van der Waals surface area contributed by atoms with Crippen molar-refractivity contribution in [3.63, 3.8) is 0 Å². The fourth-order valence-electron chi connectivity index (χ4n) is 1.82.